The van der Waals surface area contributed by atoms with Crippen molar-refractivity contribution in [2.45, 2.75) is 5.66 Å². The van der Waals surface area contributed by atoms with Gasteiger partial charge in [-0.05, 0) is 12.1 Å². The fraction of sp³-hybridized carbons (Fsp3) is 0.353. The van der Waals surface area contributed by atoms with Gasteiger partial charge in [-0.15, -0.1) is 0 Å². The SMILES string of the molecule is N#CC1=C(N)N=C(N2CCOCC2)C(C#N)C12Nc1ccccc1N2. The van der Waals surface area contributed by atoms with E-state index in [1.54, 1.807) is 0 Å². The van der Waals surface area contributed by atoms with Gasteiger partial charge >= 0.3 is 0 Å². The zero-order valence-electron chi connectivity index (χ0n) is 13.5. The quantitative estimate of drug-likeness (QED) is 0.641. The summed E-state index contributed by atoms with van der Waals surface area (Å²) in [6.45, 7) is 2.41. The number of aliphatic imine (C=N–C) groups is 1. The average molecular weight is 335 g/mol. The fourth-order valence-electron chi connectivity index (χ4n) is 3.56. The second-order valence-electron chi connectivity index (χ2n) is 6.11. The van der Waals surface area contributed by atoms with Crippen molar-refractivity contribution in [2.75, 3.05) is 36.9 Å². The van der Waals surface area contributed by atoms with Crippen LogP contribution in [0.1, 0.15) is 0 Å². The lowest BCUT2D eigenvalue weighted by molar-refractivity contribution is 0.0658. The molecule has 1 aromatic rings. The van der Waals surface area contributed by atoms with Crippen LogP contribution in [-0.4, -0.2) is 42.7 Å². The van der Waals surface area contributed by atoms with Gasteiger partial charge < -0.3 is 26.0 Å². The number of anilines is 2. The highest BCUT2D eigenvalue weighted by Gasteiger charge is 2.54. The van der Waals surface area contributed by atoms with Gasteiger partial charge in [0.05, 0.1) is 30.7 Å². The number of benzene rings is 1. The third-order valence-electron chi connectivity index (χ3n) is 4.74. The van der Waals surface area contributed by atoms with Crippen molar-refractivity contribution in [3.63, 3.8) is 0 Å². The van der Waals surface area contributed by atoms with E-state index in [0.717, 1.165) is 11.4 Å². The molecule has 4 rings (SSSR count). The molecule has 0 radical (unpaired) electrons. The van der Waals surface area contributed by atoms with Crippen molar-refractivity contribution in [3.05, 3.63) is 35.7 Å². The molecule has 3 aliphatic rings. The summed E-state index contributed by atoms with van der Waals surface area (Å²) in [5.74, 6) is -0.0154. The number of morpholine rings is 1. The summed E-state index contributed by atoms with van der Waals surface area (Å²) >= 11 is 0. The highest BCUT2D eigenvalue weighted by Crippen LogP contribution is 2.44. The van der Waals surface area contributed by atoms with Gasteiger partial charge in [-0.2, -0.15) is 10.5 Å². The van der Waals surface area contributed by atoms with E-state index in [0.29, 0.717) is 32.1 Å². The van der Waals surface area contributed by atoms with Crippen molar-refractivity contribution < 1.29 is 4.74 Å². The van der Waals surface area contributed by atoms with Crippen molar-refractivity contribution in [1.29, 1.82) is 10.5 Å². The largest absolute Gasteiger partial charge is 0.383 e. The Labute approximate surface area is 145 Å². The molecule has 1 fully saturated rings. The number of fused-ring (bicyclic) bond motifs is 1. The zero-order valence-corrected chi connectivity index (χ0v) is 13.5. The molecule has 1 spiro atoms. The summed E-state index contributed by atoms with van der Waals surface area (Å²) < 4.78 is 5.39. The van der Waals surface area contributed by atoms with Gasteiger partial charge in [-0.1, -0.05) is 12.1 Å². The van der Waals surface area contributed by atoms with E-state index in [2.05, 4.69) is 27.8 Å². The molecule has 25 heavy (non-hydrogen) atoms. The topological polar surface area (TPSA) is 122 Å². The molecular weight excluding hydrogens is 318 g/mol. The number of nitriles is 2. The van der Waals surface area contributed by atoms with E-state index in [1.807, 2.05) is 29.2 Å². The van der Waals surface area contributed by atoms with Crippen LogP contribution in [0.2, 0.25) is 0 Å². The molecule has 3 aliphatic heterocycles. The van der Waals surface area contributed by atoms with Gasteiger partial charge in [-0.3, -0.25) is 0 Å². The van der Waals surface area contributed by atoms with Gasteiger partial charge in [0.1, 0.15) is 23.3 Å². The van der Waals surface area contributed by atoms with Crippen LogP contribution < -0.4 is 16.4 Å². The standard InChI is InChI=1S/C17H17N7O/c18-9-11-15(20)21-16(24-5-7-25-8-6-24)12(10-19)17(11)22-13-3-1-2-4-14(13)23-17/h1-4,12,22-23H,5-8,20H2. The van der Waals surface area contributed by atoms with E-state index in [9.17, 15) is 10.5 Å². The Kier molecular flexibility index (Phi) is 3.48. The minimum Gasteiger partial charge on any atom is -0.383 e. The monoisotopic (exact) mass is 335 g/mol. The first-order valence-electron chi connectivity index (χ1n) is 8.06. The number of nitrogens with zero attached hydrogens (tertiary/aromatic N) is 4. The first-order valence-corrected chi connectivity index (χ1v) is 8.06. The molecular formula is C17H17N7O. The normalized spacial score (nSPS) is 23.8. The predicted molar refractivity (Wildman–Crippen MR) is 92.2 cm³/mol. The summed E-state index contributed by atoms with van der Waals surface area (Å²) in [7, 11) is 0. The van der Waals surface area contributed by atoms with Crippen LogP contribution in [0.4, 0.5) is 11.4 Å². The van der Waals surface area contributed by atoms with E-state index < -0.39 is 11.6 Å². The molecule has 1 atom stereocenters. The van der Waals surface area contributed by atoms with Gasteiger partial charge in [0.15, 0.2) is 11.6 Å². The number of hydrogen-bond donors (Lipinski definition) is 3. The highest BCUT2D eigenvalue weighted by atomic mass is 16.5. The van der Waals surface area contributed by atoms with Crippen molar-refractivity contribution in [2.24, 2.45) is 16.6 Å². The second kappa shape index (κ2) is 5.69. The minimum atomic E-state index is -1.12. The third-order valence-corrected chi connectivity index (χ3v) is 4.74. The zero-order chi connectivity index (χ0) is 17.4. The molecule has 1 saturated heterocycles. The maximum absolute atomic E-state index is 9.95. The molecule has 0 amide bonds. The van der Waals surface area contributed by atoms with Gasteiger partial charge in [0.25, 0.3) is 0 Å². The Morgan fingerprint density at radius 3 is 2.40 bits per heavy atom. The lowest BCUT2D eigenvalue weighted by atomic mass is 9.83. The Balaban J connectivity index is 1.83. The summed E-state index contributed by atoms with van der Waals surface area (Å²) in [6, 6.07) is 12.1. The smallest absolute Gasteiger partial charge is 0.172 e. The highest BCUT2D eigenvalue weighted by molar-refractivity contribution is 5.95. The Morgan fingerprint density at radius 1 is 1.20 bits per heavy atom. The van der Waals surface area contributed by atoms with Gasteiger partial charge in [0, 0.05) is 13.1 Å². The van der Waals surface area contributed by atoms with E-state index >= 15 is 0 Å². The van der Waals surface area contributed by atoms with Crippen LogP contribution in [0.15, 0.2) is 40.7 Å². The average Bonchev–Trinajstić information content (AvgIpc) is 3.01. The number of para-hydroxylation sites is 2. The number of nitrogens with one attached hydrogen (secondary N) is 2. The van der Waals surface area contributed by atoms with E-state index in [1.165, 1.54) is 0 Å². The summed E-state index contributed by atoms with van der Waals surface area (Å²) in [5, 5.41) is 26.3. The third kappa shape index (κ3) is 2.19. The molecule has 0 saturated carbocycles. The molecule has 8 heteroatoms. The number of nitrogens with two attached hydrogens (primary N) is 1. The van der Waals surface area contributed by atoms with Crippen molar-refractivity contribution >= 4 is 17.2 Å². The first-order chi connectivity index (χ1) is 12.2. The van der Waals surface area contributed by atoms with E-state index in [4.69, 9.17) is 10.5 Å². The van der Waals surface area contributed by atoms with Crippen LogP contribution >= 0.6 is 0 Å². The number of hydrogen-bond acceptors (Lipinski definition) is 8. The molecule has 0 aliphatic carbocycles. The fourth-order valence-corrected chi connectivity index (χ4v) is 3.56. The lowest BCUT2D eigenvalue weighted by Gasteiger charge is -2.42. The summed E-state index contributed by atoms with van der Waals surface area (Å²) in [5.41, 5.74) is 6.88. The van der Waals surface area contributed by atoms with Crippen LogP contribution in [0.5, 0.6) is 0 Å². The molecule has 126 valence electrons. The summed E-state index contributed by atoms with van der Waals surface area (Å²) in [6.07, 6.45) is 0. The predicted octanol–water partition coefficient (Wildman–Crippen LogP) is 0.798. The van der Waals surface area contributed by atoms with Gasteiger partial charge in [0.2, 0.25) is 0 Å². The second-order valence-corrected chi connectivity index (χ2v) is 6.11. The van der Waals surface area contributed by atoms with Crippen LogP contribution in [0.3, 0.4) is 0 Å². The van der Waals surface area contributed by atoms with Gasteiger partial charge in [-0.25, -0.2) is 4.99 Å². The maximum atomic E-state index is 9.95. The number of amidine groups is 1. The number of rotatable bonds is 0. The Bertz CT molecular complexity index is 829. The lowest BCUT2D eigenvalue weighted by Crippen LogP contribution is -2.59. The molecule has 8 nitrogen and oxygen atoms in total. The minimum absolute atomic E-state index is 0.128. The van der Waals surface area contributed by atoms with E-state index in [-0.39, 0.29) is 11.4 Å². The van der Waals surface area contributed by atoms with Crippen LogP contribution in [0.25, 0.3) is 0 Å². The molecule has 0 aromatic heterocycles. The van der Waals surface area contributed by atoms with Crippen molar-refractivity contribution in [1.82, 2.24) is 4.90 Å². The van der Waals surface area contributed by atoms with Crippen LogP contribution in [-0.2, 0) is 4.74 Å². The van der Waals surface area contributed by atoms with Crippen LogP contribution in [0, 0.1) is 28.6 Å². The number of ether oxygens (including phenoxy) is 1. The molecule has 0 bridgehead atoms. The molecule has 1 unspecified atom stereocenters. The van der Waals surface area contributed by atoms with Crippen molar-refractivity contribution in [3.8, 4) is 12.1 Å². The molecule has 3 heterocycles. The summed E-state index contributed by atoms with van der Waals surface area (Å²) in [4.78, 5) is 6.42. The Hall–Kier alpha value is -3.23. The first kappa shape index (κ1) is 15.3. The maximum Gasteiger partial charge on any atom is 0.172 e. The molecule has 4 N–H and O–H groups in total. The molecule has 1 aromatic carbocycles. The Morgan fingerprint density at radius 2 is 1.84 bits per heavy atom.